The second kappa shape index (κ2) is 11.2. The van der Waals surface area contributed by atoms with Gasteiger partial charge in [0.05, 0.1) is 12.7 Å². The molecule has 0 unspecified atom stereocenters. The summed E-state index contributed by atoms with van der Waals surface area (Å²) in [6, 6.07) is 16.6. The SMILES string of the molecule is C=C[C@H]([C@H](O)CC/C(=C/c1ccc(O)cc1)c1ccccc1)[C@H](O)C(=O)OCC. The number of benzene rings is 2. The molecule has 0 amide bonds. The number of esters is 1. The van der Waals surface area contributed by atoms with E-state index < -0.39 is 24.1 Å². The van der Waals surface area contributed by atoms with Gasteiger partial charge in [0, 0.05) is 5.92 Å². The zero-order valence-electron chi connectivity index (χ0n) is 16.6. The van der Waals surface area contributed by atoms with E-state index in [1.807, 2.05) is 48.5 Å². The van der Waals surface area contributed by atoms with E-state index in [4.69, 9.17) is 4.74 Å². The van der Waals surface area contributed by atoms with Crippen molar-refractivity contribution in [2.45, 2.75) is 32.0 Å². The van der Waals surface area contributed by atoms with Crippen LogP contribution in [0.5, 0.6) is 5.75 Å². The largest absolute Gasteiger partial charge is 0.508 e. The van der Waals surface area contributed by atoms with Crippen LogP contribution < -0.4 is 0 Å². The highest BCUT2D eigenvalue weighted by atomic mass is 16.5. The molecule has 0 aromatic heterocycles. The third kappa shape index (κ3) is 6.59. The van der Waals surface area contributed by atoms with Gasteiger partial charge in [0.15, 0.2) is 6.10 Å². The number of hydrogen-bond donors (Lipinski definition) is 3. The number of ether oxygens (including phenoxy) is 1. The highest BCUT2D eigenvalue weighted by Crippen LogP contribution is 2.27. The van der Waals surface area contributed by atoms with Gasteiger partial charge < -0.3 is 20.1 Å². The van der Waals surface area contributed by atoms with E-state index >= 15 is 0 Å². The fourth-order valence-corrected chi connectivity index (χ4v) is 3.10. The lowest BCUT2D eigenvalue weighted by Crippen LogP contribution is -2.37. The van der Waals surface area contributed by atoms with Crippen molar-refractivity contribution in [3.63, 3.8) is 0 Å². The Kier molecular flexibility index (Phi) is 8.65. The average molecular weight is 396 g/mol. The molecule has 3 atom stereocenters. The number of carbonyl (C=O) groups excluding carboxylic acids is 1. The molecule has 0 bridgehead atoms. The molecule has 2 aromatic rings. The molecule has 29 heavy (non-hydrogen) atoms. The number of rotatable bonds is 10. The van der Waals surface area contributed by atoms with Crippen molar-refractivity contribution in [1.29, 1.82) is 0 Å². The molecule has 0 saturated heterocycles. The van der Waals surface area contributed by atoms with Crippen molar-refractivity contribution < 1.29 is 24.9 Å². The Balaban J connectivity index is 2.17. The highest BCUT2D eigenvalue weighted by molar-refractivity contribution is 5.81. The van der Waals surface area contributed by atoms with Crippen molar-refractivity contribution in [1.82, 2.24) is 0 Å². The number of phenolic OH excluding ortho intramolecular Hbond substituents is 1. The van der Waals surface area contributed by atoms with Crippen LogP contribution >= 0.6 is 0 Å². The Labute approximate surface area is 171 Å². The minimum Gasteiger partial charge on any atom is -0.508 e. The highest BCUT2D eigenvalue weighted by Gasteiger charge is 2.30. The maximum absolute atomic E-state index is 11.8. The maximum Gasteiger partial charge on any atom is 0.335 e. The predicted octanol–water partition coefficient (Wildman–Crippen LogP) is 3.80. The zero-order valence-corrected chi connectivity index (χ0v) is 16.6. The summed E-state index contributed by atoms with van der Waals surface area (Å²) in [6.45, 7) is 5.45. The molecule has 154 valence electrons. The lowest BCUT2D eigenvalue weighted by Gasteiger charge is -2.24. The van der Waals surface area contributed by atoms with Crippen LogP contribution in [0.2, 0.25) is 0 Å². The Bertz CT molecular complexity index is 811. The maximum atomic E-state index is 11.8. The first-order valence-corrected chi connectivity index (χ1v) is 9.66. The molecule has 2 rings (SSSR count). The van der Waals surface area contributed by atoms with Gasteiger partial charge in [0.25, 0.3) is 0 Å². The average Bonchev–Trinajstić information content (AvgIpc) is 2.73. The number of phenols is 1. The van der Waals surface area contributed by atoms with Crippen molar-refractivity contribution in [2.75, 3.05) is 6.61 Å². The molecule has 0 radical (unpaired) electrons. The Hall–Kier alpha value is -2.89. The van der Waals surface area contributed by atoms with Crippen LogP contribution in [0, 0.1) is 5.92 Å². The molecule has 3 N–H and O–H groups in total. The topological polar surface area (TPSA) is 87.0 Å². The number of allylic oxidation sites excluding steroid dienone is 1. The van der Waals surface area contributed by atoms with E-state index in [9.17, 15) is 20.1 Å². The molecule has 5 nitrogen and oxygen atoms in total. The number of aliphatic hydroxyl groups excluding tert-OH is 2. The van der Waals surface area contributed by atoms with Gasteiger partial charge in [-0.2, -0.15) is 0 Å². The number of aliphatic hydroxyl groups is 2. The molecule has 5 heteroatoms. The first kappa shape index (κ1) is 22.4. The smallest absolute Gasteiger partial charge is 0.335 e. The summed E-state index contributed by atoms with van der Waals surface area (Å²) in [7, 11) is 0. The second-order valence-corrected chi connectivity index (χ2v) is 6.74. The van der Waals surface area contributed by atoms with E-state index in [1.54, 1.807) is 19.1 Å². The Morgan fingerprint density at radius 2 is 1.76 bits per heavy atom. The summed E-state index contributed by atoms with van der Waals surface area (Å²) in [5, 5.41) is 30.3. The Morgan fingerprint density at radius 3 is 2.34 bits per heavy atom. The van der Waals surface area contributed by atoms with Gasteiger partial charge in [-0.25, -0.2) is 4.79 Å². The fraction of sp³-hybridized carbons (Fsp3) is 0.292. The molecule has 0 aliphatic carbocycles. The van der Waals surface area contributed by atoms with E-state index in [0.29, 0.717) is 12.8 Å². The van der Waals surface area contributed by atoms with Gasteiger partial charge >= 0.3 is 5.97 Å². The van der Waals surface area contributed by atoms with Crippen LogP contribution in [-0.4, -0.2) is 40.1 Å². The van der Waals surface area contributed by atoms with Crippen LogP contribution in [0.3, 0.4) is 0 Å². The molecule has 2 aromatic carbocycles. The van der Waals surface area contributed by atoms with Gasteiger partial charge in [-0.15, -0.1) is 6.58 Å². The summed E-state index contributed by atoms with van der Waals surface area (Å²) < 4.78 is 4.84. The van der Waals surface area contributed by atoms with Gasteiger partial charge in [0.2, 0.25) is 0 Å². The summed E-state index contributed by atoms with van der Waals surface area (Å²) in [5.41, 5.74) is 2.92. The second-order valence-electron chi connectivity index (χ2n) is 6.74. The lowest BCUT2D eigenvalue weighted by molar-refractivity contribution is -0.157. The van der Waals surface area contributed by atoms with Gasteiger partial charge in [-0.3, -0.25) is 0 Å². The first-order valence-electron chi connectivity index (χ1n) is 9.66. The number of aromatic hydroxyl groups is 1. The van der Waals surface area contributed by atoms with Crippen molar-refractivity contribution in [3.05, 3.63) is 78.4 Å². The third-order valence-corrected chi connectivity index (χ3v) is 4.70. The van der Waals surface area contributed by atoms with E-state index in [-0.39, 0.29) is 12.4 Å². The predicted molar refractivity (Wildman–Crippen MR) is 114 cm³/mol. The normalized spacial score (nSPS) is 14.7. The summed E-state index contributed by atoms with van der Waals surface area (Å²) in [4.78, 5) is 11.8. The molecule has 0 aliphatic heterocycles. The minimum atomic E-state index is -1.45. The van der Waals surface area contributed by atoms with Crippen LogP contribution in [0.4, 0.5) is 0 Å². The van der Waals surface area contributed by atoms with Gasteiger partial charge in [-0.05, 0) is 48.6 Å². The van der Waals surface area contributed by atoms with E-state index in [1.165, 1.54) is 6.08 Å². The number of hydrogen-bond acceptors (Lipinski definition) is 5. The van der Waals surface area contributed by atoms with Crippen LogP contribution in [0.25, 0.3) is 11.6 Å². The number of carbonyl (C=O) groups is 1. The van der Waals surface area contributed by atoms with Crippen LogP contribution in [0.1, 0.15) is 30.9 Å². The third-order valence-electron chi connectivity index (χ3n) is 4.70. The molecular weight excluding hydrogens is 368 g/mol. The van der Waals surface area contributed by atoms with Crippen molar-refractivity contribution >= 4 is 17.6 Å². The summed E-state index contributed by atoms with van der Waals surface area (Å²) in [6.07, 6.45) is 1.81. The molecule has 0 saturated carbocycles. The van der Waals surface area contributed by atoms with Gasteiger partial charge in [-0.1, -0.05) is 54.6 Å². The van der Waals surface area contributed by atoms with Gasteiger partial charge in [0.1, 0.15) is 5.75 Å². The molecular formula is C24H28O5. The van der Waals surface area contributed by atoms with Crippen molar-refractivity contribution in [3.8, 4) is 5.75 Å². The lowest BCUT2D eigenvalue weighted by atomic mass is 9.89. The summed E-state index contributed by atoms with van der Waals surface area (Å²) >= 11 is 0. The van der Waals surface area contributed by atoms with Crippen molar-refractivity contribution in [2.24, 2.45) is 5.92 Å². The molecule has 0 aliphatic rings. The van der Waals surface area contributed by atoms with Crippen LogP contribution in [-0.2, 0) is 9.53 Å². The van der Waals surface area contributed by atoms with Crippen LogP contribution in [0.15, 0.2) is 67.3 Å². The molecule has 0 fully saturated rings. The Morgan fingerprint density at radius 1 is 1.10 bits per heavy atom. The molecule has 0 spiro atoms. The quantitative estimate of drug-likeness (QED) is 0.323. The van der Waals surface area contributed by atoms with E-state index in [0.717, 1.165) is 16.7 Å². The first-order chi connectivity index (χ1) is 14.0. The fourth-order valence-electron chi connectivity index (χ4n) is 3.10. The monoisotopic (exact) mass is 396 g/mol. The summed E-state index contributed by atoms with van der Waals surface area (Å²) in [5.74, 6) is -1.39. The zero-order chi connectivity index (χ0) is 21.2. The molecule has 0 heterocycles. The minimum absolute atomic E-state index is 0.156. The standard InChI is InChI=1S/C24H28O5/c1-3-21(23(27)24(28)29-4-2)22(26)15-12-19(18-8-6-5-7-9-18)16-17-10-13-20(25)14-11-17/h3,5-11,13-14,16,21-23,25-27H,1,4,12,15H2,2H3/b19-16-/t21-,22-,23+/m1/s1. The van der Waals surface area contributed by atoms with E-state index in [2.05, 4.69) is 6.58 Å².